The van der Waals surface area contributed by atoms with Crippen molar-refractivity contribution in [3.63, 3.8) is 0 Å². The van der Waals surface area contributed by atoms with Crippen LogP contribution in [0.3, 0.4) is 0 Å². The highest BCUT2D eigenvalue weighted by atomic mass is 19.1. The Morgan fingerprint density at radius 2 is 1.67 bits per heavy atom. The van der Waals surface area contributed by atoms with Crippen LogP contribution in [0.1, 0.15) is 32.6 Å². The molecule has 1 N–H and O–H groups in total. The van der Waals surface area contributed by atoms with Gasteiger partial charge in [-0.3, -0.25) is 4.79 Å². The Hall–Kier alpha value is -2.23. The minimum absolute atomic E-state index is 0.0103. The molecule has 0 saturated heterocycles. The van der Waals surface area contributed by atoms with Gasteiger partial charge in [-0.1, -0.05) is 18.2 Å². The zero-order chi connectivity index (χ0) is 15.6. The number of benzene rings is 2. The molecule has 0 bridgehead atoms. The molecule has 0 radical (unpaired) electrons. The van der Waals surface area contributed by atoms with Crippen LogP contribution in [0.25, 0.3) is 0 Å². The molecule has 0 heterocycles. The van der Waals surface area contributed by atoms with Crippen molar-refractivity contribution < 1.29 is 13.6 Å². The van der Waals surface area contributed by atoms with E-state index in [2.05, 4.69) is 5.32 Å². The molecular formula is C17H17F2NO. The monoisotopic (exact) mass is 289 g/mol. The van der Waals surface area contributed by atoms with Gasteiger partial charge in [0.05, 0.1) is 5.56 Å². The van der Waals surface area contributed by atoms with E-state index in [1.165, 1.54) is 12.1 Å². The van der Waals surface area contributed by atoms with Gasteiger partial charge in [0.15, 0.2) is 0 Å². The molecule has 0 saturated carbocycles. The van der Waals surface area contributed by atoms with Crippen molar-refractivity contribution in [1.82, 2.24) is 5.32 Å². The quantitative estimate of drug-likeness (QED) is 0.914. The first-order chi connectivity index (χ1) is 9.88. The van der Waals surface area contributed by atoms with Crippen LogP contribution in [-0.4, -0.2) is 5.91 Å². The van der Waals surface area contributed by atoms with E-state index < -0.39 is 11.7 Å². The Morgan fingerprint density at radius 3 is 2.24 bits per heavy atom. The highest BCUT2D eigenvalue weighted by Gasteiger charge is 2.12. The maximum Gasteiger partial charge on any atom is 0.254 e. The minimum atomic E-state index is -0.543. The second-order valence-electron chi connectivity index (χ2n) is 5.21. The van der Waals surface area contributed by atoms with Crippen LogP contribution < -0.4 is 5.32 Å². The van der Waals surface area contributed by atoms with Crippen molar-refractivity contribution in [1.29, 1.82) is 0 Å². The Morgan fingerprint density at radius 1 is 1.05 bits per heavy atom. The summed E-state index contributed by atoms with van der Waals surface area (Å²) in [6.07, 6.45) is 0. The van der Waals surface area contributed by atoms with Crippen LogP contribution in [-0.2, 0) is 6.54 Å². The Kier molecular flexibility index (Phi) is 4.36. The molecule has 110 valence electrons. The molecule has 2 aromatic rings. The Bertz CT molecular complexity index is 672. The number of carbonyl (C=O) groups is 1. The van der Waals surface area contributed by atoms with Crippen molar-refractivity contribution in [3.05, 3.63) is 69.8 Å². The number of nitrogens with one attached hydrogen (secondary N) is 1. The SMILES string of the molecule is Cc1ccc(C(=O)NCc2cc(C)c(F)c(C)c2)c(F)c1. The van der Waals surface area contributed by atoms with E-state index in [1.807, 2.05) is 0 Å². The molecule has 0 unspecified atom stereocenters. The predicted molar refractivity (Wildman–Crippen MR) is 78.2 cm³/mol. The third-order valence-electron chi connectivity index (χ3n) is 3.32. The van der Waals surface area contributed by atoms with Crippen LogP contribution in [0.15, 0.2) is 30.3 Å². The average molecular weight is 289 g/mol. The molecule has 2 nitrogen and oxygen atoms in total. The molecule has 21 heavy (non-hydrogen) atoms. The lowest BCUT2D eigenvalue weighted by molar-refractivity contribution is 0.0947. The maximum atomic E-state index is 13.7. The number of aryl methyl sites for hydroxylation is 3. The Labute approximate surface area is 122 Å². The summed E-state index contributed by atoms with van der Waals surface area (Å²) in [5, 5.41) is 2.65. The fourth-order valence-corrected chi connectivity index (χ4v) is 2.22. The molecule has 0 aliphatic carbocycles. The van der Waals surface area contributed by atoms with Crippen LogP contribution in [0.5, 0.6) is 0 Å². The molecular weight excluding hydrogens is 272 g/mol. The van der Waals surface area contributed by atoms with Crippen LogP contribution >= 0.6 is 0 Å². The molecule has 0 spiro atoms. The number of rotatable bonds is 3. The van der Waals surface area contributed by atoms with E-state index in [4.69, 9.17) is 0 Å². The fraction of sp³-hybridized carbons (Fsp3) is 0.235. The standard InChI is InChI=1S/C17H17F2NO/c1-10-4-5-14(15(18)6-10)17(21)20-9-13-7-11(2)16(19)12(3)8-13/h4-8H,9H2,1-3H3,(H,20,21). The highest BCUT2D eigenvalue weighted by Crippen LogP contribution is 2.15. The molecule has 4 heteroatoms. The second-order valence-corrected chi connectivity index (χ2v) is 5.21. The van der Waals surface area contributed by atoms with Gasteiger partial charge >= 0.3 is 0 Å². The summed E-state index contributed by atoms with van der Waals surface area (Å²) < 4.78 is 27.2. The van der Waals surface area contributed by atoms with E-state index >= 15 is 0 Å². The van der Waals surface area contributed by atoms with E-state index in [0.717, 1.165) is 11.1 Å². The van der Waals surface area contributed by atoms with Crippen molar-refractivity contribution in [2.24, 2.45) is 0 Å². The first-order valence-corrected chi connectivity index (χ1v) is 6.68. The molecule has 1 amide bonds. The number of carbonyl (C=O) groups excluding carboxylic acids is 1. The van der Waals surface area contributed by atoms with Crippen molar-refractivity contribution in [2.45, 2.75) is 27.3 Å². The topological polar surface area (TPSA) is 29.1 Å². The molecule has 0 aliphatic heterocycles. The zero-order valence-electron chi connectivity index (χ0n) is 12.3. The van der Waals surface area contributed by atoms with Gasteiger partial charge < -0.3 is 5.32 Å². The van der Waals surface area contributed by atoms with Crippen LogP contribution in [0.2, 0.25) is 0 Å². The van der Waals surface area contributed by atoms with Gasteiger partial charge in [-0.05, 0) is 55.2 Å². The van der Waals surface area contributed by atoms with Gasteiger partial charge in [-0.25, -0.2) is 8.78 Å². The van der Waals surface area contributed by atoms with Crippen LogP contribution in [0.4, 0.5) is 8.78 Å². The van der Waals surface area contributed by atoms with Crippen molar-refractivity contribution in [3.8, 4) is 0 Å². The first-order valence-electron chi connectivity index (χ1n) is 6.68. The molecule has 0 atom stereocenters. The highest BCUT2D eigenvalue weighted by molar-refractivity contribution is 5.94. The summed E-state index contributed by atoms with van der Waals surface area (Å²) in [5.74, 6) is -1.26. The average Bonchev–Trinajstić information content (AvgIpc) is 2.42. The lowest BCUT2D eigenvalue weighted by atomic mass is 10.1. The molecule has 0 fully saturated rings. The van der Waals surface area contributed by atoms with Crippen LogP contribution in [0, 0.1) is 32.4 Å². The number of hydrogen-bond donors (Lipinski definition) is 1. The van der Waals surface area contributed by atoms with E-state index in [9.17, 15) is 13.6 Å². The third-order valence-corrected chi connectivity index (χ3v) is 3.32. The van der Waals surface area contributed by atoms with Gasteiger partial charge in [0.25, 0.3) is 5.91 Å². The third kappa shape index (κ3) is 3.45. The number of hydrogen-bond acceptors (Lipinski definition) is 1. The first kappa shape index (κ1) is 15.2. The lowest BCUT2D eigenvalue weighted by Crippen LogP contribution is -2.24. The summed E-state index contributed by atoms with van der Waals surface area (Å²) >= 11 is 0. The number of amides is 1. The number of halogens is 2. The zero-order valence-corrected chi connectivity index (χ0v) is 12.3. The smallest absolute Gasteiger partial charge is 0.254 e. The molecule has 2 rings (SSSR count). The largest absolute Gasteiger partial charge is 0.348 e. The van der Waals surface area contributed by atoms with Gasteiger partial charge in [0.1, 0.15) is 11.6 Å². The molecule has 0 aliphatic rings. The summed E-state index contributed by atoms with van der Waals surface area (Å²) in [6, 6.07) is 7.81. The lowest BCUT2D eigenvalue weighted by Gasteiger charge is -2.09. The molecule has 2 aromatic carbocycles. The van der Waals surface area contributed by atoms with Gasteiger partial charge in [0, 0.05) is 6.54 Å². The van der Waals surface area contributed by atoms with Crippen molar-refractivity contribution in [2.75, 3.05) is 0 Å². The minimum Gasteiger partial charge on any atom is -0.348 e. The van der Waals surface area contributed by atoms with Gasteiger partial charge in [-0.2, -0.15) is 0 Å². The summed E-state index contributed by atoms with van der Waals surface area (Å²) in [4.78, 5) is 12.0. The maximum absolute atomic E-state index is 13.7. The summed E-state index contributed by atoms with van der Waals surface area (Å²) in [6.45, 7) is 5.34. The van der Waals surface area contributed by atoms with E-state index in [0.29, 0.717) is 11.1 Å². The molecule has 0 aromatic heterocycles. The second kappa shape index (κ2) is 6.04. The Balaban J connectivity index is 2.11. The fourth-order valence-electron chi connectivity index (χ4n) is 2.22. The normalized spacial score (nSPS) is 10.5. The van der Waals surface area contributed by atoms with Crippen molar-refractivity contribution >= 4 is 5.91 Å². The van der Waals surface area contributed by atoms with E-state index in [-0.39, 0.29) is 17.9 Å². The summed E-state index contributed by atoms with van der Waals surface area (Å²) in [5.41, 5.74) is 2.61. The summed E-state index contributed by atoms with van der Waals surface area (Å²) in [7, 11) is 0. The van der Waals surface area contributed by atoms with E-state index in [1.54, 1.807) is 39.0 Å². The van der Waals surface area contributed by atoms with Gasteiger partial charge in [0.2, 0.25) is 0 Å². The van der Waals surface area contributed by atoms with Gasteiger partial charge in [-0.15, -0.1) is 0 Å². The predicted octanol–water partition coefficient (Wildman–Crippen LogP) is 3.82.